The van der Waals surface area contributed by atoms with E-state index < -0.39 is 17.6 Å². The van der Waals surface area contributed by atoms with Crippen molar-refractivity contribution in [3.05, 3.63) is 63.3 Å². The molecule has 0 saturated heterocycles. The Morgan fingerprint density at radius 3 is 2.74 bits per heavy atom. The molecular weight excluding hydrogens is 443 g/mol. The average Bonchev–Trinajstić information content (AvgIpc) is 2.84. The number of unbranched alkanes of at least 4 members (excludes halogenated alkanes) is 1. The van der Waals surface area contributed by atoms with Gasteiger partial charge in [-0.1, -0.05) is 25.5 Å². The van der Waals surface area contributed by atoms with Gasteiger partial charge in [-0.05, 0) is 31.0 Å². The summed E-state index contributed by atoms with van der Waals surface area (Å²) in [6.45, 7) is 3.78. The largest absolute Gasteiger partial charge is 0.490 e. The fourth-order valence-corrected chi connectivity index (χ4v) is 3.99. The third-order valence-electron chi connectivity index (χ3n) is 5.66. The van der Waals surface area contributed by atoms with Crippen molar-refractivity contribution < 1.29 is 28.5 Å². The zero-order valence-corrected chi connectivity index (χ0v) is 19.2. The zero-order valence-electron chi connectivity index (χ0n) is 19.2. The number of aromatic nitrogens is 2. The summed E-state index contributed by atoms with van der Waals surface area (Å²) in [6.07, 6.45) is 2.87. The summed E-state index contributed by atoms with van der Waals surface area (Å²) in [4.78, 5) is 30.8. The highest BCUT2D eigenvalue weighted by atomic mass is 19.1. The van der Waals surface area contributed by atoms with E-state index in [1.807, 2.05) is 6.92 Å². The van der Waals surface area contributed by atoms with Gasteiger partial charge >= 0.3 is 5.97 Å². The highest BCUT2D eigenvalue weighted by molar-refractivity contribution is 6.00. The third-order valence-corrected chi connectivity index (χ3v) is 5.66. The molecule has 3 heterocycles. The predicted octanol–water partition coefficient (Wildman–Crippen LogP) is 3.24. The maximum absolute atomic E-state index is 13.5. The maximum atomic E-state index is 13.5. The van der Waals surface area contributed by atoms with E-state index in [9.17, 15) is 19.1 Å². The molecule has 1 aliphatic heterocycles. The van der Waals surface area contributed by atoms with Gasteiger partial charge in [-0.2, -0.15) is 0 Å². The van der Waals surface area contributed by atoms with Crippen LogP contribution in [0.25, 0.3) is 11.0 Å². The minimum Gasteiger partial charge on any atom is -0.490 e. The molecule has 0 spiro atoms. The second-order valence-corrected chi connectivity index (χ2v) is 8.08. The first-order chi connectivity index (χ1) is 16.5. The van der Waals surface area contributed by atoms with E-state index in [0.29, 0.717) is 35.4 Å². The van der Waals surface area contributed by atoms with Crippen molar-refractivity contribution in [3.8, 4) is 11.5 Å². The highest BCUT2D eigenvalue weighted by Crippen LogP contribution is 2.38. The Hall–Kier alpha value is -3.46. The zero-order chi connectivity index (χ0) is 24.2. The molecule has 0 fully saturated rings. The third kappa shape index (κ3) is 4.48. The number of rotatable bonds is 9. The number of benzene rings is 1. The lowest BCUT2D eigenvalue weighted by Gasteiger charge is -2.29. The summed E-state index contributed by atoms with van der Waals surface area (Å²) in [6, 6.07) is 6.06. The number of halogens is 1. The molecular formula is C25H27FN2O6. The summed E-state index contributed by atoms with van der Waals surface area (Å²) in [5, 5.41) is 9.82. The monoisotopic (exact) mass is 470 g/mol. The fraction of sp³-hybridized carbons (Fsp3) is 0.400. The van der Waals surface area contributed by atoms with Crippen molar-refractivity contribution in [3.63, 3.8) is 0 Å². The molecule has 180 valence electrons. The number of ether oxygens (including phenoxy) is 3. The first kappa shape index (κ1) is 23.7. The molecule has 0 saturated carbocycles. The summed E-state index contributed by atoms with van der Waals surface area (Å²) < 4.78 is 31.9. The van der Waals surface area contributed by atoms with Gasteiger partial charge in [-0.25, -0.2) is 9.18 Å². The second-order valence-electron chi connectivity index (χ2n) is 8.08. The van der Waals surface area contributed by atoms with Crippen LogP contribution < -0.4 is 15.0 Å². The van der Waals surface area contributed by atoms with Crippen LogP contribution in [-0.4, -0.2) is 46.6 Å². The van der Waals surface area contributed by atoms with Crippen molar-refractivity contribution >= 4 is 17.0 Å². The summed E-state index contributed by atoms with van der Waals surface area (Å²) in [5.74, 6) is -0.667. The van der Waals surface area contributed by atoms with Crippen LogP contribution in [0.5, 0.6) is 11.5 Å². The molecule has 0 radical (unpaired) electrons. The second kappa shape index (κ2) is 10.2. The predicted molar refractivity (Wildman–Crippen MR) is 123 cm³/mol. The van der Waals surface area contributed by atoms with Crippen LogP contribution in [0, 0.1) is 5.82 Å². The molecule has 0 unspecified atom stereocenters. The normalized spacial score (nSPS) is 14.6. The molecule has 1 atom stereocenters. The number of hydrogen-bond donors (Lipinski definition) is 1. The van der Waals surface area contributed by atoms with Crippen LogP contribution >= 0.6 is 0 Å². The van der Waals surface area contributed by atoms with Gasteiger partial charge in [0.25, 0.3) is 5.56 Å². The van der Waals surface area contributed by atoms with Crippen molar-refractivity contribution in [2.75, 3.05) is 19.8 Å². The number of esters is 1. The van der Waals surface area contributed by atoms with Crippen molar-refractivity contribution in [1.82, 2.24) is 9.55 Å². The molecule has 8 nitrogen and oxygen atoms in total. The van der Waals surface area contributed by atoms with Gasteiger partial charge in [0.15, 0.2) is 17.1 Å². The van der Waals surface area contributed by atoms with Crippen LogP contribution in [0.4, 0.5) is 4.39 Å². The summed E-state index contributed by atoms with van der Waals surface area (Å²) in [7, 11) is 0. The molecule has 9 heteroatoms. The Balaban J connectivity index is 1.94. The van der Waals surface area contributed by atoms with Crippen LogP contribution in [0.1, 0.15) is 48.2 Å². The van der Waals surface area contributed by atoms with Gasteiger partial charge in [0.1, 0.15) is 23.0 Å². The van der Waals surface area contributed by atoms with Crippen molar-refractivity contribution in [2.24, 2.45) is 0 Å². The molecule has 4 rings (SSSR count). The molecule has 2 aromatic heterocycles. The Kier molecular flexibility index (Phi) is 7.12. The fourth-order valence-electron chi connectivity index (χ4n) is 3.99. The Morgan fingerprint density at radius 2 is 2.06 bits per heavy atom. The summed E-state index contributed by atoms with van der Waals surface area (Å²) >= 11 is 0. The van der Waals surface area contributed by atoms with Crippen LogP contribution in [0.15, 0.2) is 35.3 Å². The molecule has 34 heavy (non-hydrogen) atoms. The molecule has 1 aromatic carbocycles. The number of aliphatic hydroxyl groups excluding tert-OH is 1. The Morgan fingerprint density at radius 1 is 1.29 bits per heavy atom. The molecule has 1 aliphatic rings. The standard InChI is InChI=1S/C25H27FN2O6/c1-3-5-10-33-23-19(25(31)32-4-2)24(30)28-13-18(14-29)34-22-16(12-27-20(23)21(22)28)11-15-6-8-17(26)9-7-15/h6-9,12,18,29H,3-5,10-11,13-14H2,1-2H3/t18-/m0/s1. The van der Waals surface area contributed by atoms with E-state index in [1.54, 1.807) is 25.3 Å². The van der Waals surface area contributed by atoms with Crippen LogP contribution in [0.3, 0.4) is 0 Å². The van der Waals surface area contributed by atoms with Gasteiger partial charge in [0.2, 0.25) is 0 Å². The first-order valence-corrected chi connectivity index (χ1v) is 11.4. The van der Waals surface area contributed by atoms with Gasteiger partial charge in [0.05, 0.1) is 26.4 Å². The van der Waals surface area contributed by atoms with E-state index >= 15 is 0 Å². The number of carbonyl (C=O) groups is 1. The van der Waals surface area contributed by atoms with Crippen LogP contribution in [0.2, 0.25) is 0 Å². The van der Waals surface area contributed by atoms with E-state index in [0.717, 1.165) is 18.4 Å². The topological polar surface area (TPSA) is 99.9 Å². The Labute approximate surface area is 195 Å². The number of carbonyl (C=O) groups excluding carboxylic acids is 1. The van der Waals surface area contributed by atoms with Crippen molar-refractivity contribution in [2.45, 2.75) is 45.8 Å². The first-order valence-electron chi connectivity index (χ1n) is 11.4. The lowest BCUT2D eigenvalue weighted by molar-refractivity contribution is 0.0517. The maximum Gasteiger partial charge on any atom is 0.347 e. The highest BCUT2D eigenvalue weighted by Gasteiger charge is 2.32. The number of aliphatic hydroxyl groups is 1. The van der Waals surface area contributed by atoms with E-state index in [-0.39, 0.29) is 36.9 Å². The lowest BCUT2D eigenvalue weighted by atomic mass is 10.0. The van der Waals surface area contributed by atoms with Crippen molar-refractivity contribution in [1.29, 1.82) is 0 Å². The van der Waals surface area contributed by atoms with E-state index in [1.165, 1.54) is 16.7 Å². The quantitative estimate of drug-likeness (QED) is 0.379. The molecule has 0 aliphatic carbocycles. The summed E-state index contributed by atoms with van der Waals surface area (Å²) in [5.41, 5.74) is 1.40. The molecule has 0 bridgehead atoms. The molecule has 3 aromatic rings. The van der Waals surface area contributed by atoms with E-state index in [4.69, 9.17) is 14.2 Å². The number of pyridine rings is 2. The molecule has 0 amide bonds. The SMILES string of the molecule is CCCCOc1c(C(=O)OCC)c(=O)n2c3c(c(Cc4ccc(F)cc4)cnc13)O[C@H](CO)C2. The van der Waals surface area contributed by atoms with Gasteiger partial charge in [0, 0.05) is 18.2 Å². The average molecular weight is 470 g/mol. The van der Waals surface area contributed by atoms with E-state index in [2.05, 4.69) is 4.98 Å². The number of hydrogen-bond acceptors (Lipinski definition) is 7. The minimum absolute atomic E-state index is 0.0438. The smallest absolute Gasteiger partial charge is 0.347 e. The van der Waals surface area contributed by atoms with Gasteiger partial charge < -0.3 is 19.3 Å². The number of nitrogens with zero attached hydrogens (tertiary/aromatic N) is 2. The van der Waals surface area contributed by atoms with Crippen LogP contribution in [-0.2, 0) is 17.7 Å². The Bertz CT molecular complexity index is 1260. The minimum atomic E-state index is -0.782. The van der Waals surface area contributed by atoms with Gasteiger partial charge in [-0.3, -0.25) is 14.3 Å². The molecule has 1 N–H and O–H groups in total. The lowest BCUT2D eigenvalue weighted by Crippen LogP contribution is -2.39. The van der Waals surface area contributed by atoms with Gasteiger partial charge in [-0.15, -0.1) is 0 Å².